The summed E-state index contributed by atoms with van der Waals surface area (Å²) in [6, 6.07) is 13.8. The number of ether oxygens (including phenoxy) is 1. The van der Waals surface area contributed by atoms with Crippen LogP contribution < -0.4 is 15.8 Å². The lowest BCUT2D eigenvalue weighted by atomic mass is 10.2. The van der Waals surface area contributed by atoms with Crippen LogP contribution in [0.1, 0.15) is 11.1 Å². The SMILES string of the molecule is Cc1ccc(Oc2ncnc(Nc3nc4c(C)cccc4s3)c2N)cc1. The van der Waals surface area contributed by atoms with Gasteiger partial charge in [0.25, 0.3) is 0 Å². The Kier molecular flexibility index (Phi) is 4.14. The van der Waals surface area contributed by atoms with E-state index >= 15 is 0 Å². The fourth-order valence-corrected chi connectivity index (χ4v) is 3.46. The highest BCUT2D eigenvalue weighted by Gasteiger charge is 2.13. The van der Waals surface area contributed by atoms with E-state index in [1.807, 2.05) is 56.3 Å². The van der Waals surface area contributed by atoms with Crippen molar-refractivity contribution in [3.05, 3.63) is 59.9 Å². The number of aryl methyl sites for hydroxylation is 2. The van der Waals surface area contributed by atoms with E-state index in [0.717, 1.165) is 26.5 Å². The van der Waals surface area contributed by atoms with Crippen LogP contribution in [0.4, 0.5) is 16.6 Å². The smallest absolute Gasteiger partial charge is 0.248 e. The van der Waals surface area contributed by atoms with Crippen molar-refractivity contribution in [3.8, 4) is 11.6 Å². The van der Waals surface area contributed by atoms with Crippen molar-refractivity contribution in [2.45, 2.75) is 13.8 Å². The van der Waals surface area contributed by atoms with Crippen molar-refractivity contribution in [3.63, 3.8) is 0 Å². The minimum atomic E-state index is 0.309. The third kappa shape index (κ3) is 3.16. The number of thiazole rings is 1. The zero-order chi connectivity index (χ0) is 18.1. The van der Waals surface area contributed by atoms with Gasteiger partial charge >= 0.3 is 0 Å². The highest BCUT2D eigenvalue weighted by Crippen LogP contribution is 2.34. The predicted octanol–water partition coefficient (Wildman–Crippen LogP) is 4.82. The Labute approximate surface area is 154 Å². The van der Waals surface area contributed by atoms with Crippen LogP contribution >= 0.6 is 11.3 Å². The first-order chi connectivity index (χ1) is 12.6. The highest BCUT2D eigenvalue weighted by molar-refractivity contribution is 7.22. The number of fused-ring (bicyclic) bond motifs is 1. The highest BCUT2D eigenvalue weighted by atomic mass is 32.1. The van der Waals surface area contributed by atoms with Crippen LogP contribution in [-0.2, 0) is 0 Å². The summed E-state index contributed by atoms with van der Waals surface area (Å²) in [4.78, 5) is 13.0. The van der Waals surface area contributed by atoms with Gasteiger partial charge in [-0.2, -0.15) is 4.98 Å². The van der Waals surface area contributed by atoms with Gasteiger partial charge in [0.05, 0.1) is 10.2 Å². The third-order valence-corrected chi connectivity index (χ3v) is 4.86. The molecular weight excluding hydrogens is 346 g/mol. The molecule has 0 radical (unpaired) electrons. The van der Waals surface area contributed by atoms with Crippen molar-refractivity contribution < 1.29 is 4.74 Å². The fourth-order valence-electron chi connectivity index (χ4n) is 2.52. The summed E-state index contributed by atoms with van der Waals surface area (Å²) in [6.45, 7) is 4.06. The number of rotatable bonds is 4. The second-order valence-electron chi connectivity index (χ2n) is 5.92. The van der Waals surface area contributed by atoms with Crippen LogP contribution in [-0.4, -0.2) is 15.0 Å². The number of anilines is 3. The fraction of sp³-hybridized carbons (Fsp3) is 0.105. The van der Waals surface area contributed by atoms with Crippen LogP contribution in [0, 0.1) is 13.8 Å². The maximum atomic E-state index is 6.20. The predicted molar refractivity (Wildman–Crippen MR) is 105 cm³/mol. The Hall–Kier alpha value is -3.19. The van der Waals surface area contributed by atoms with Crippen LogP contribution in [0.3, 0.4) is 0 Å². The van der Waals surface area contributed by atoms with Gasteiger partial charge in [-0.1, -0.05) is 41.2 Å². The zero-order valence-electron chi connectivity index (χ0n) is 14.4. The molecule has 7 heteroatoms. The summed E-state index contributed by atoms with van der Waals surface area (Å²) in [5, 5.41) is 3.90. The van der Waals surface area contributed by atoms with E-state index in [0.29, 0.717) is 23.1 Å². The number of nitrogens with zero attached hydrogens (tertiary/aromatic N) is 3. The van der Waals surface area contributed by atoms with E-state index < -0.39 is 0 Å². The first kappa shape index (κ1) is 16.3. The molecule has 6 nitrogen and oxygen atoms in total. The number of para-hydroxylation sites is 1. The Morgan fingerprint density at radius 3 is 2.62 bits per heavy atom. The normalized spacial score (nSPS) is 10.8. The Morgan fingerprint density at radius 1 is 1.04 bits per heavy atom. The maximum absolute atomic E-state index is 6.20. The largest absolute Gasteiger partial charge is 0.437 e. The zero-order valence-corrected chi connectivity index (χ0v) is 15.2. The van der Waals surface area contributed by atoms with Gasteiger partial charge in [0.2, 0.25) is 5.88 Å². The van der Waals surface area contributed by atoms with Crippen molar-refractivity contribution in [1.82, 2.24) is 15.0 Å². The molecule has 3 N–H and O–H groups in total. The molecule has 0 amide bonds. The lowest BCUT2D eigenvalue weighted by molar-refractivity contribution is 0.464. The molecule has 0 saturated carbocycles. The molecule has 2 heterocycles. The molecule has 0 spiro atoms. The molecule has 4 rings (SSSR count). The van der Waals surface area contributed by atoms with Crippen molar-refractivity contribution >= 4 is 38.2 Å². The molecule has 0 aliphatic heterocycles. The molecule has 130 valence electrons. The summed E-state index contributed by atoms with van der Waals surface area (Å²) < 4.78 is 6.90. The second kappa shape index (κ2) is 6.61. The monoisotopic (exact) mass is 363 g/mol. The molecule has 0 saturated heterocycles. The van der Waals surface area contributed by atoms with Crippen molar-refractivity contribution in [2.75, 3.05) is 11.1 Å². The van der Waals surface area contributed by atoms with E-state index in [-0.39, 0.29) is 0 Å². The van der Waals surface area contributed by atoms with Crippen LogP contribution in [0.5, 0.6) is 11.6 Å². The first-order valence-corrected chi connectivity index (χ1v) is 8.90. The van der Waals surface area contributed by atoms with E-state index in [4.69, 9.17) is 10.5 Å². The molecule has 2 aromatic heterocycles. The molecule has 0 aliphatic rings. The molecule has 0 aliphatic carbocycles. The average Bonchev–Trinajstić information content (AvgIpc) is 3.04. The molecule has 0 bridgehead atoms. The molecule has 4 aromatic rings. The number of nitrogens with one attached hydrogen (secondary N) is 1. The summed E-state index contributed by atoms with van der Waals surface area (Å²) in [5.41, 5.74) is 9.79. The molecule has 0 fully saturated rings. The van der Waals surface area contributed by atoms with E-state index in [2.05, 4.69) is 20.3 Å². The minimum Gasteiger partial charge on any atom is -0.437 e. The number of nitrogen functional groups attached to an aromatic ring is 1. The van der Waals surface area contributed by atoms with Gasteiger partial charge in [-0.3, -0.25) is 0 Å². The van der Waals surface area contributed by atoms with Gasteiger partial charge in [-0.05, 0) is 37.6 Å². The van der Waals surface area contributed by atoms with Crippen LogP contribution in [0.15, 0.2) is 48.8 Å². The summed E-state index contributed by atoms with van der Waals surface area (Å²) >= 11 is 1.55. The molecule has 0 atom stereocenters. The summed E-state index contributed by atoms with van der Waals surface area (Å²) in [7, 11) is 0. The third-order valence-electron chi connectivity index (χ3n) is 3.93. The topological polar surface area (TPSA) is 86.0 Å². The van der Waals surface area contributed by atoms with Crippen molar-refractivity contribution in [1.29, 1.82) is 0 Å². The van der Waals surface area contributed by atoms with E-state index in [1.165, 1.54) is 6.33 Å². The van der Waals surface area contributed by atoms with Gasteiger partial charge in [0.15, 0.2) is 10.9 Å². The van der Waals surface area contributed by atoms with Gasteiger partial charge in [-0.25, -0.2) is 9.97 Å². The minimum absolute atomic E-state index is 0.309. The maximum Gasteiger partial charge on any atom is 0.248 e. The molecule has 26 heavy (non-hydrogen) atoms. The van der Waals surface area contributed by atoms with Gasteiger partial charge in [0.1, 0.15) is 17.8 Å². The number of aromatic nitrogens is 3. The second-order valence-corrected chi connectivity index (χ2v) is 6.95. The lowest BCUT2D eigenvalue weighted by Crippen LogP contribution is -2.03. The van der Waals surface area contributed by atoms with Gasteiger partial charge < -0.3 is 15.8 Å². The Balaban J connectivity index is 1.62. The van der Waals surface area contributed by atoms with E-state index in [1.54, 1.807) is 11.3 Å². The number of hydrogen-bond acceptors (Lipinski definition) is 7. The standard InChI is InChI=1S/C19H17N5OS/c1-11-6-8-13(9-7-11)25-18-15(20)17(21-10-22-18)24-19-23-16-12(2)4-3-5-14(16)26-19/h3-10H,20H2,1-2H3,(H,21,22,23,24). The van der Waals surface area contributed by atoms with Gasteiger partial charge in [-0.15, -0.1) is 0 Å². The first-order valence-electron chi connectivity index (χ1n) is 8.08. The van der Waals surface area contributed by atoms with E-state index in [9.17, 15) is 0 Å². The van der Waals surface area contributed by atoms with Crippen LogP contribution in [0.2, 0.25) is 0 Å². The van der Waals surface area contributed by atoms with Crippen molar-refractivity contribution in [2.24, 2.45) is 0 Å². The number of benzene rings is 2. The molecular formula is C19H17N5OS. The quantitative estimate of drug-likeness (QED) is 0.540. The number of nitrogens with two attached hydrogens (primary N) is 1. The summed E-state index contributed by atoms with van der Waals surface area (Å²) in [6.07, 6.45) is 1.42. The molecule has 0 unspecified atom stereocenters. The Bertz CT molecular complexity index is 1080. The summed E-state index contributed by atoms with van der Waals surface area (Å²) in [5.74, 6) is 1.45. The number of hydrogen-bond donors (Lipinski definition) is 2. The Morgan fingerprint density at radius 2 is 1.85 bits per heavy atom. The average molecular weight is 363 g/mol. The lowest BCUT2D eigenvalue weighted by Gasteiger charge is -2.10. The van der Waals surface area contributed by atoms with Gasteiger partial charge in [0, 0.05) is 0 Å². The molecule has 2 aromatic carbocycles. The van der Waals surface area contributed by atoms with Crippen LogP contribution in [0.25, 0.3) is 10.2 Å².